The Bertz CT molecular complexity index is 614. The van der Waals surface area contributed by atoms with E-state index in [0.717, 1.165) is 22.1 Å². The lowest BCUT2D eigenvalue weighted by atomic mass is 10.2. The maximum absolute atomic E-state index is 13.2. The van der Waals surface area contributed by atoms with Gasteiger partial charge in [-0.15, -0.1) is 0 Å². The van der Waals surface area contributed by atoms with Gasteiger partial charge in [0.15, 0.2) is 5.82 Å². The second-order valence-electron chi connectivity index (χ2n) is 4.32. The Morgan fingerprint density at radius 2 is 2.06 bits per heavy atom. The third kappa shape index (κ3) is 2.36. The van der Waals surface area contributed by atoms with Crippen molar-refractivity contribution in [2.24, 2.45) is 0 Å². The molecule has 1 saturated carbocycles. The van der Waals surface area contributed by atoms with Gasteiger partial charge < -0.3 is 0 Å². The van der Waals surface area contributed by atoms with E-state index in [1.165, 1.54) is 12.1 Å². The van der Waals surface area contributed by atoms with Crippen molar-refractivity contribution in [2.75, 3.05) is 0 Å². The molecule has 0 amide bonds. The molecule has 5 heteroatoms. The zero-order valence-corrected chi connectivity index (χ0v) is 12.2. The van der Waals surface area contributed by atoms with Crippen LogP contribution < -0.4 is 0 Å². The summed E-state index contributed by atoms with van der Waals surface area (Å²) in [7, 11) is 0. The molecule has 18 heavy (non-hydrogen) atoms. The third-order valence-electron chi connectivity index (χ3n) is 2.88. The van der Waals surface area contributed by atoms with E-state index < -0.39 is 0 Å². The van der Waals surface area contributed by atoms with Crippen molar-refractivity contribution in [1.82, 2.24) is 9.97 Å². The van der Waals surface area contributed by atoms with Gasteiger partial charge in [0.05, 0.1) is 9.26 Å². The fourth-order valence-electron chi connectivity index (χ4n) is 1.82. The first-order valence-corrected chi connectivity index (χ1v) is 7.09. The number of aromatic nitrogens is 2. The number of hydrogen-bond donors (Lipinski definition) is 0. The van der Waals surface area contributed by atoms with Crippen LogP contribution in [0.1, 0.15) is 24.5 Å². The third-order valence-corrected chi connectivity index (χ3v) is 4.54. The monoisotopic (exact) mass is 374 g/mol. The highest BCUT2D eigenvalue weighted by molar-refractivity contribution is 14.1. The molecule has 0 atom stereocenters. The molecule has 1 aromatic heterocycles. The molecular weight excluding hydrogens is 366 g/mol. The van der Waals surface area contributed by atoms with Crippen molar-refractivity contribution in [3.8, 4) is 11.4 Å². The maximum atomic E-state index is 13.2. The van der Waals surface area contributed by atoms with Gasteiger partial charge in [0.2, 0.25) is 0 Å². The first-order chi connectivity index (χ1) is 8.65. The summed E-state index contributed by atoms with van der Waals surface area (Å²) in [5.41, 5.74) is 1.66. The molecule has 1 aliphatic carbocycles. The minimum atomic E-state index is -0.293. The van der Waals surface area contributed by atoms with E-state index >= 15 is 0 Å². The number of hydrogen-bond acceptors (Lipinski definition) is 2. The van der Waals surface area contributed by atoms with Crippen LogP contribution in [0.4, 0.5) is 4.39 Å². The van der Waals surface area contributed by atoms with Crippen LogP contribution >= 0.6 is 34.2 Å². The molecule has 1 aromatic carbocycles. The molecule has 1 heterocycles. The number of halogens is 3. The molecule has 0 radical (unpaired) electrons. The lowest BCUT2D eigenvalue weighted by Crippen LogP contribution is -1.99. The van der Waals surface area contributed by atoms with Crippen LogP contribution in [-0.4, -0.2) is 9.97 Å². The fourth-order valence-corrected chi connectivity index (χ4v) is 2.68. The van der Waals surface area contributed by atoms with Gasteiger partial charge in [-0.25, -0.2) is 14.4 Å². The lowest BCUT2D eigenvalue weighted by Gasteiger charge is -2.07. The van der Waals surface area contributed by atoms with E-state index in [1.807, 2.05) is 0 Å². The highest BCUT2D eigenvalue weighted by Gasteiger charge is 2.29. The first kappa shape index (κ1) is 12.3. The molecule has 0 saturated heterocycles. The Balaban J connectivity index is 2.12. The number of nitrogens with zero attached hydrogens (tertiary/aromatic N) is 2. The van der Waals surface area contributed by atoms with E-state index in [1.54, 1.807) is 12.1 Å². The van der Waals surface area contributed by atoms with E-state index in [2.05, 4.69) is 32.6 Å². The zero-order chi connectivity index (χ0) is 12.7. The van der Waals surface area contributed by atoms with Gasteiger partial charge in [0.1, 0.15) is 11.0 Å². The molecule has 92 valence electrons. The molecule has 2 aromatic rings. The molecule has 0 spiro atoms. The average Bonchev–Trinajstić information content (AvgIpc) is 3.16. The highest BCUT2D eigenvalue weighted by Crippen LogP contribution is 2.42. The second kappa shape index (κ2) is 4.74. The van der Waals surface area contributed by atoms with Crippen molar-refractivity contribution < 1.29 is 4.39 Å². The largest absolute Gasteiger partial charge is 0.232 e. The highest BCUT2D eigenvalue weighted by atomic mass is 127. The molecule has 1 aliphatic rings. The van der Waals surface area contributed by atoms with Gasteiger partial charge in [0, 0.05) is 11.5 Å². The number of benzene rings is 1. The van der Waals surface area contributed by atoms with E-state index in [4.69, 9.17) is 11.6 Å². The molecule has 3 rings (SSSR count). The standard InChI is InChI=1S/C13H9ClFIN2/c14-12-10(16)11(7-4-5-7)17-13(18-12)8-2-1-3-9(15)6-8/h1-3,6-7H,4-5H2. The predicted octanol–water partition coefficient (Wildman–Crippen LogP) is 4.42. The van der Waals surface area contributed by atoms with Crippen molar-refractivity contribution >= 4 is 34.2 Å². The minimum Gasteiger partial charge on any atom is -0.232 e. The Hall–Kier alpha value is -0.750. The summed E-state index contributed by atoms with van der Waals surface area (Å²) in [5.74, 6) is 0.699. The smallest absolute Gasteiger partial charge is 0.161 e. The van der Waals surface area contributed by atoms with Crippen LogP contribution in [0, 0.1) is 9.39 Å². The Morgan fingerprint density at radius 1 is 1.28 bits per heavy atom. The number of rotatable bonds is 2. The second-order valence-corrected chi connectivity index (χ2v) is 5.76. The molecule has 0 N–H and O–H groups in total. The fraction of sp³-hybridized carbons (Fsp3) is 0.231. The predicted molar refractivity (Wildman–Crippen MR) is 77.1 cm³/mol. The molecule has 0 aliphatic heterocycles. The van der Waals surface area contributed by atoms with Crippen molar-refractivity contribution in [2.45, 2.75) is 18.8 Å². The Labute approximate surface area is 123 Å². The summed E-state index contributed by atoms with van der Waals surface area (Å²) >= 11 is 8.30. The normalized spacial score (nSPS) is 14.8. The van der Waals surface area contributed by atoms with Crippen molar-refractivity contribution in [3.63, 3.8) is 0 Å². The molecule has 0 bridgehead atoms. The van der Waals surface area contributed by atoms with Crippen LogP contribution in [-0.2, 0) is 0 Å². The Morgan fingerprint density at radius 3 is 2.72 bits per heavy atom. The topological polar surface area (TPSA) is 25.8 Å². The lowest BCUT2D eigenvalue weighted by molar-refractivity contribution is 0.628. The molecule has 2 nitrogen and oxygen atoms in total. The summed E-state index contributed by atoms with van der Waals surface area (Å²) in [6, 6.07) is 6.27. The quantitative estimate of drug-likeness (QED) is 0.574. The van der Waals surface area contributed by atoms with Gasteiger partial charge in [-0.3, -0.25) is 0 Å². The van der Waals surface area contributed by atoms with Crippen LogP contribution in [0.5, 0.6) is 0 Å². The van der Waals surface area contributed by atoms with Gasteiger partial charge in [-0.1, -0.05) is 23.7 Å². The van der Waals surface area contributed by atoms with Crippen LogP contribution in [0.15, 0.2) is 24.3 Å². The summed E-state index contributed by atoms with van der Waals surface area (Å²) < 4.78 is 14.1. The van der Waals surface area contributed by atoms with Crippen molar-refractivity contribution in [3.05, 3.63) is 44.5 Å². The van der Waals surface area contributed by atoms with Crippen LogP contribution in [0.3, 0.4) is 0 Å². The van der Waals surface area contributed by atoms with Gasteiger partial charge in [-0.2, -0.15) is 0 Å². The molecular formula is C13H9ClFIN2. The van der Waals surface area contributed by atoms with Crippen LogP contribution in [0.2, 0.25) is 5.15 Å². The van der Waals surface area contributed by atoms with Gasteiger partial charge in [0.25, 0.3) is 0 Å². The average molecular weight is 375 g/mol. The van der Waals surface area contributed by atoms with Crippen molar-refractivity contribution in [1.29, 1.82) is 0 Å². The van der Waals surface area contributed by atoms with Crippen LogP contribution in [0.25, 0.3) is 11.4 Å². The molecule has 1 fully saturated rings. The summed E-state index contributed by atoms with van der Waals surface area (Å²) in [6.07, 6.45) is 2.29. The summed E-state index contributed by atoms with van der Waals surface area (Å²) in [4.78, 5) is 8.77. The van der Waals surface area contributed by atoms with Gasteiger partial charge in [-0.05, 0) is 47.6 Å². The van der Waals surface area contributed by atoms with E-state index in [-0.39, 0.29) is 5.82 Å². The first-order valence-electron chi connectivity index (χ1n) is 5.64. The van der Waals surface area contributed by atoms with Gasteiger partial charge >= 0.3 is 0 Å². The SMILES string of the molecule is Fc1cccc(-c2nc(Cl)c(I)c(C3CC3)n2)c1. The molecule has 0 unspecified atom stereocenters. The van der Waals surface area contributed by atoms with E-state index in [9.17, 15) is 4.39 Å². The maximum Gasteiger partial charge on any atom is 0.161 e. The zero-order valence-electron chi connectivity index (χ0n) is 9.33. The van der Waals surface area contributed by atoms with E-state index in [0.29, 0.717) is 22.5 Å². The summed E-state index contributed by atoms with van der Waals surface area (Å²) in [6.45, 7) is 0. The Kier molecular flexibility index (Phi) is 3.23. The summed E-state index contributed by atoms with van der Waals surface area (Å²) in [5, 5.41) is 0.451. The minimum absolute atomic E-state index is 0.293.